The second kappa shape index (κ2) is 14.2. The van der Waals surface area contributed by atoms with Crippen LogP contribution in [0.2, 0.25) is 0 Å². The smallest absolute Gasteiger partial charge is 0.305 e. The number of nitrogens with one attached hydrogen (secondary N) is 2. The Morgan fingerprint density at radius 3 is 2.74 bits per heavy atom. The van der Waals surface area contributed by atoms with E-state index in [0.717, 1.165) is 51.5 Å². The van der Waals surface area contributed by atoms with E-state index in [1.54, 1.807) is 0 Å². The van der Waals surface area contributed by atoms with E-state index in [2.05, 4.69) is 44.7 Å². The summed E-state index contributed by atoms with van der Waals surface area (Å²) in [5.74, 6) is 0.710. The van der Waals surface area contributed by atoms with Gasteiger partial charge in [0, 0.05) is 24.4 Å². The minimum Gasteiger partial charge on any atom is -0.469 e. The summed E-state index contributed by atoms with van der Waals surface area (Å²) in [5.41, 5.74) is 0. The van der Waals surface area contributed by atoms with Gasteiger partial charge in [-0.3, -0.25) is 14.7 Å². The minimum absolute atomic E-state index is 0. The van der Waals surface area contributed by atoms with E-state index < -0.39 is 0 Å². The number of guanidine groups is 1. The van der Waals surface area contributed by atoms with Crippen LogP contribution in [0.4, 0.5) is 0 Å². The number of unbranched alkanes of at least 4 members (excludes halogenated alkanes) is 1. The second-order valence-corrected chi connectivity index (χ2v) is 7.43. The van der Waals surface area contributed by atoms with Gasteiger partial charge in [-0.15, -0.1) is 35.3 Å². The van der Waals surface area contributed by atoms with E-state index in [1.165, 1.54) is 24.8 Å². The van der Waals surface area contributed by atoms with Crippen LogP contribution in [0.15, 0.2) is 22.5 Å². The van der Waals surface area contributed by atoms with Crippen molar-refractivity contribution in [3.05, 3.63) is 22.4 Å². The molecule has 2 rings (SSSR count). The lowest BCUT2D eigenvalue weighted by Gasteiger charge is -2.25. The lowest BCUT2D eigenvalue weighted by atomic mass is 10.2. The summed E-state index contributed by atoms with van der Waals surface area (Å²) in [5, 5.41) is 8.84. The first-order valence-electron chi connectivity index (χ1n) is 9.61. The Balaban J connectivity index is 0.00000364. The van der Waals surface area contributed by atoms with Gasteiger partial charge in [-0.05, 0) is 57.1 Å². The van der Waals surface area contributed by atoms with Crippen molar-refractivity contribution in [2.75, 3.05) is 39.8 Å². The lowest BCUT2D eigenvalue weighted by molar-refractivity contribution is -0.140. The zero-order valence-corrected chi connectivity index (χ0v) is 19.6. The van der Waals surface area contributed by atoms with Crippen molar-refractivity contribution in [3.8, 4) is 0 Å². The topological polar surface area (TPSA) is 66.0 Å². The van der Waals surface area contributed by atoms with Crippen molar-refractivity contribution >= 4 is 47.2 Å². The maximum Gasteiger partial charge on any atom is 0.305 e. The van der Waals surface area contributed by atoms with Crippen LogP contribution in [0.5, 0.6) is 0 Å². The van der Waals surface area contributed by atoms with Crippen LogP contribution in [0, 0.1) is 0 Å². The second-order valence-electron chi connectivity index (χ2n) is 6.45. The fourth-order valence-electron chi connectivity index (χ4n) is 3.14. The minimum atomic E-state index is -0.144. The molecule has 0 saturated carbocycles. The van der Waals surface area contributed by atoms with Gasteiger partial charge in [0.1, 0.15) is 0 Å². The van der Waals surface area contributed by atoms with Gasteiger partial charge in [-0.2, -0.15) is 0 Å². The van der Waals surface area contributed by atoms with Gasteiger partial charge in [-0.1, -0.05) is 6.07 Å². The van der Waals surface area contributed by atoms with Crippen molar-refractivity contribution in [1.82, 2.24) is 15.5 Å². The molecule has 2 N–H and O–H groups in total. The van der Waals surface area contributed by atoms with E-state index in [0.29, 0.717) is 12.5 Å². The lowest BCUT2D eigenvalue weighted by Crippen LogP contribution is -2.38. The first kappa shape index (κ1) is 24.2. The largest absolute Gasteiger partial charge is 0.469 e. The molecule has 1 aromatic heterocycles. The molecule has 154 valence electrons. The molecule has 1 atom stereocenters. The predicted octanol–water partition coefficient (Wildman–Crippen LogP) is 3.40. The first-order chi connectivity index (χ1) is 12.7. The van der Waals surface area contributed by atoms with Crippen molar-refractivity contribution in [3.63, 3.8) is 0 Å². The number of halogens is 1. The maximum atomic E-state index is 11.1. The molecular weight excluding hydrogens is 475 g/mol. The molecule has 0 spiro atoms. The van der Waals surface area contributed by atoms with E-state index >= 15 is 0 Å². The molecule has 0 radical (unpaired) electrons. The van der Waals surface area contributed by atoms with Crippen LogP contribution in [-0.2, 0) is 9.53 Å². The molecule has 0 amide bonds. The standard InChI is InChI=1S/C19H32N4O2S.HI/c1-3-20-19(21-11-5-4-10-18(24)25-2)22-15-16(17-9-8-14-26-17)23-12-6-7-13-23;/h8-9,14,16H,3-7,10-13,15H2,1-2H3,(H2,20,21,22);1H. The summed E-state index contributed by atoms with van der Waals surface area (Å²) in [6.07, 6.45) is 4.78. The third kappa shape index (κ3) is 8.78. The Kier molecular flexibility index (Phi) is 12.7. The molecule has 0 aliphatic carbocycles. The Morgan fingerprint density at radius 1 is 1.33 bits per heavy atom. The maximum absolute atomic E-state index is 11.1. The number of methoxy groups -OCH3 is 1. The fraction of sp³-hybridized carbons (Fsp3) is 0.684. The molecule has 2 heterocycles. The summed E-state index contributed by atoms with van der Waals surface area (Å²) in [6.45, 7) is 6.80. The molecule has 1 fully saturated rings. The van der Waals surface area contributed by atoms with Crippen molar-refractivity contribution in [2.24, 2.45) is 4.99 Å². The van der Waals surface area contributed by atoms with Crippen molar-refractivity contribution in [2.45, 2.75) is 45.1 Å². The van der Waals surface area contributed by atoms with Crippen LogP contribution in [0.1, 0.15) is 49.9 Å². The molecule has 1 aliphatic heterocycles. The quantitative estimate of drug-likeness (QED) is 0.167. The van der Waals surface area contributed by atoms with Crippen LogP contribution in [0.3, 0.4) is 0 Å². The number of rotatable bonds is 10. The number of ether oxygens (including phenoxy) is 1. The highest BCUT2D eigenvalue weighted by Gasteiger charge is 2.24. The van der Waals surface area contributed by atoms with E-state index in [4.69, 9.17) is 4.99 Å². The van der Waals surface area contributed by atoms with Gasteiger partial charge >= 0.3 is 5.97 Å². The number of carbonyl (C=O) groups excluding carboxylic acids is 1. The summed E-state index contributed by atoms with van der Waals surface area (Å²) in [4.78, 5) is 19.9. The first-order valence-corrected chi connectivity index (χ1v) is 10.5. The monoisotopic (exact) mass is 508 g/mol. The highest BCUT2D eigenvalue weighted by Crippen LogP contribution is 2.28. The molecule has 1 unspecified atom stereocenters. The Labute approximate surface area is 184 Å². The molecule has 0 aromatic carbocycles. The molecule has 6 nitrogen and oxygen atoms in total. The molecule has 8 heteroatoms. The normalized spacial score (nSPS) is 15.9. The Morgan fingerprint density at radius 2 is 2.11 bits per heavy atom. The molecular formula is C19H33IN4O2S. The van der Waals surface area contributed by atoms with Crippen LogP contribution < -0.4 is 10.6 Å². The zero-order chi connectivity index (χ0) is 18.6. The number of thiophene rings is 1. The third-order valence-corrected chi connectivity index (χ3v) is 5.52. The van der Waals surface area contributed by atoms with Gasteiger partial charge in [-0.25, -0.2) is 0 Å². The molecule has 0 bridgehead atoms. The summed E-state index contributed by atoms with van der Waals surface area (Å²) in [6, 6.07) is 4.71. The number of likely N-dealkylation sites (tertiary alicyclic amines) is 1. The Hall–Kier alpha value is -0.870. The zero-order valence-electron chi connectivity index (χ0n) is 16.4. The van der Waals surface area contributed by atoms with Gasteiger partial charge in [0.25, 0.3) is 0 Å². The summed E-state index contributed by atoms with van der Waals surface area (Å²) >= 11 is 1.82. The van der Waals surface area contributed by atoms with Gasteiger partial charge < -0.3 is 15.4 Å². The van der Waals surface area contributed by atoms with E-state index in [9.17, 15) is 4.79 Å². The Bertz CT molecular complexity index is 548. The average molecular weight is 508 g/mol. The number of hydrogen-bond donors (Lipinski definition) is 2. The number of aliphatic imine (C=N–C) groups is 1. The predicted molar refractivity (Wildman–Crippen MR) is 123 cm³/mol. The van der Waals surface area contributed by atoms with Crippen molar-refractivity contribution < 1.29 is 9.53 Å². The van der Waals surface area contributed by atoms with Gasteiger partial charge in [0.05, 0.1) is 19.7 Å². The number of carbonyl (C=O) groups is 1. The van der Waals surface area contributed by atoms with E-state index in [-0.39, 0.29) is 29.9 Å². The summed E-state index contributed by atoms with van der Waals surface area (Å²) < 4.78 is 4.67. The SMILES string of the molecule is CCNC(=NCC(c1cccs1)N1CCCC1)NCCCCC(=O)OC.I. The summed E-state index contributed by atoms with van der Waals surface area (Å²) in [7, 11) is 1.43. The van der Waals surface area contributed by atoms with Crippen molar-refractivity contribution in [1.29, 1.82) is 0 Å². The number of nitrogens with zero attached hydrogens (tertiary/aromatic N) is 2. The highest BCUT2D eigenvalue weighted by molar-refractivity contribution is 14.0. The van der Waals surface area contributed by atoms with Crippen LogP contribution in [-0.4, -0.2) is 56.7 Å². The van der Waals surface area contributed by atoms with E-state index in [1.807, 2.05) is 11.3 Å². The molecule has 27 heavy (non-hydrogen) atoms. The van der Waals surface area contributed by atoms with Gasteiger partial charge in [0.15, 0.2) is 5.96 Å². The fourth-order valence-corrected chi connectivity index (χ4v) is 3.99. The van der Waals surface area contributed by atoms with Crippen LogP contribution in [0.25, 0.3) is 0 Å². The number of hydrogen-bond acceptors (Lipinski definition) is 5. The molecule has 1 aliphatic rings. The molecule has 1 aromatic rings. The van der Waals surface area contributed by atoms with Crippen LogP contribution >= 0.6 is 35.3 Å². The molecule has 1 saturated heterocycles. The average Bonchev–Trinajstić information content (AvgIpc) is 3.35. The third-order valence-electron chi connectivity index (χ3n) is 4.55. The number of esters is 1. The highest BCUT2D eigenvalue weighted by atomic mass is 127. The van der Waals surface area contributed by atoms with Gasteiger partial charge in [0.2, 0.25) is 0 Å².